The molecule has 4 nitrogen and oxygen atoms in total. The number of benzene rings is 2. The van der Waals surface area contributed by atoms with Gasteiger partial charge in [0.15, 0.2) is 6.61 Å². The van der Waals surface area contributed by atoms with Gasteiger partial charge in [-0.25, -0.2) is 0 Å². The third-order valence-electron chi connectivity index (χ3n) is 2.92. The molecule has 2 aromatic rings. The number of amides is 1. The summed E-state index contributed by atoms with van der Waals surface area (Å²) < 4.78 is 0. The van der Waals surface area contributed by atoms with E-state index >= 15 is 0 Å². The third-order valence-corrected chi connectivity index (χ3v) is 2.92. The summed E-state index contributed by atoms with van der Waals surface area (Å²) in [5.74, 6) is -0.191. The van der Waals surface area contributed by atoms with Crippen LogP contribution in [0.4, 0.5) is 0 Å². The first-order valence-corrected chi connectivity index (χ1v) is 6.78. The van der Waals surface area contributed by atoms with Crippen LogP contribution in [0.1, 0.15) is 18.1 Å². The van der Waals surface area contributed by atoms with Crippen molar-refractivity contribution in [3.8, 4) is 0 Å². The average molecular weight is 282 g/mol. The van der Waals surface area contributed by atoms with E-state index in [0.717, 1.165) is 16.8 Å². The Morgan fingerprint density at radius 2 is 1.67 bits per heavy atom. The van der Waals surface area contributed by atoms with Crippen molar-refractivity contribution in [1.82, 2.24) is 5.32 Å². The van der Waals surface area contributed by atoms with Gasteiger partial charge in [-0.05, 0) is 18.1 Å². The molecule has 4 heteroatoms. The van der Waals surface area contributed by atoms with Gasteiger partial charge in [-0.3, -0.25) is 4.79 Å². The second-order valence-electron chi connectivity index (χ2n) is 4.58. The van der Waals surface area contributed by atoms with Gasteiger partial charge in [0.05, 0.1) is 5.71 Å². The molecule has 1 N–H and O–H groups in total. The molecule has 0 spiro atoms. The fourth-order valence-electron chi connectivity index (χ4n) is 1.77. The van der Waals surface area contributed by atoms with Crippen LogP contribution in [0.2, 0.25) is 0 Å². The van der Waals surface area contributed by atoms with E-state index in [2.05, 4.69) is 10.5 Å². The van der Waals surface area contributed by atoms with Gasteiger partial charge in [-0.2, -0.15) is 0 Å². The third kappa shape index (κ3) is 5.10. The van der Waals surface area contributed by atoms with Crippen LogP contribution in [-0.4, -0.2) is 18.2 Å². The molecule has 0 aliphatic carbocycles. The first-order valence-electron chi connectivity index (χ1n) is 6.78. The molecule has 0 radical (unpaired) electrons. The molecule has 21 heavy (non-hydrogen) atoms. The predicted octanol–water partition coefficient (Wildman–Crippen LogP) is 2.74. The first kappa shape index (κ1) is 14.8. The Morgan fingerprint density at radius 3 is 2.33 bits per heavy atom. The van der Waals surface area contributed by atoms with Gasteiger partial charge >= 0.3 is 0 Å². The van der Waals surface area contributed by atoms with Crippen molar-refractivity contribution in [2.75, 3.05) is 6.61 Å². The summed E-state index contributed by atoms with van der Waals surface area (Å²) in [6, 6.07) is 19.4. The van der Waals surface area contributed by atoms with Gasteiger partial charge in [0.2, 0.25) is 0 Å². The molecular formula is C17H18N2O2. The maximum atomic E-state index is 11.6. The quantitative estimate of drug-likeness (QED) is 0.654. The Kier molecular flexibility index (Phi) is 5.52. The highest BCUT2D eigenvalue weighted by atomic mass is 16.6. The van der Waals surface area contributed by atoms with Crippen LogP contribution in [0, 0.1) is 0 Å². The monoisotopic (exact) mass is 282 g/mol. The number of hydrogen-bond acceptors (Lipinski definition) is 3. The summed E-state index contributed by atoms with van der Waals surface area (Å²) >= 11 is 0. The van der Waals surface area contributed by atoms with E-state index in [-0.39, 0.29) is 12.5 Å². The average Bonchev–Trinajstić information content (AvgIpc) is 2.54. The number of nitrogens with zero attached hydrogens (tertiary/aromatic N) is 1. The summed E-state index contributed by atoms with van der Waals surface area (Å²) in [5, 5.41) is 6.72. The van der Waals surface area contributed by atoms with Crippen LogP contribution >= 0.6 is 0 Å². The van der Waals surface area contributed by atoms with Gasteiger partial charge in [-0.15, -0.1) is 0 Å². The van der Waals surface area contributed by atoms with Crippen molar-refractivity contribution in [3.05, 3.63) is 71.8 Å². The minimum absolute atomic E-state index is 0.0863. The van der Waals surface area contributed by atoms with Crippen molar-refractivity contribution < 1.29 is 9.63 Å². The lowest BCUT2D eigenvalue weighted by Gasteiger charge is -2.05. The molecule has 1 amide bonds. The molecular weight excluding hydrogens is 264 g/mol. The topological polar surface area (TPSA) is 50.7 Å². The molecule has 0 fully saturated rings. The van der Waals surface area contributed by atoms with Crippen molar-refractivity contribution in [1.29, 1.82) is 0 Å². The van der Waals surface area contributed by atoms with Crippen molar-refractivity contribution in [3.63, 3.8) is 0 Å². The SMILES string of the molecule is CC(=NOCC(=O)NCc1ccccc1)c1ccccc1. The van der Waals surface area contributed by atoms with E-state index in [4.69, 9.17) is 4.84 Å². The molecule has 0 unspecified atom stereocenters. The minimum Gasteiger partial charge on any atom is -0.385 e. The molecule has 2 aromatic carbocycles. The molecule has 0 saturated heterocycles. The van der Waals surface area contributed by atoms with E-state index in [1.807, 2.05) is 67.6 Å². The smallest absolute Gasteiger partial charge is 0.261 e. The number of carbonyl (C=O) groups excluding carboxylic acids is 1. The Bertz CT molecular complexity index is 595. The largest absolute Gasteiger partial charge is 0.385 e. The molecule has 0 atom stereocenters. The van der Waals surface area contributed by atoms with Crippen LogP contribution in [-0.2, 0) is 16.2 Å². The Hall–Kier alpha value is -2.62. The van der Waals surface area contributed by atoms with E-state index in [0.29, 0.717) is 6.54 Å². The van der Waals surface area contributed by atoms with Gasteiger partial charge in [0, 0.05) is 6.54 Å². The summed E-state index contributed by atoms with van der Waals surface area (Å²) in [4.78, 5) is 16.7. The summed E-state index contributed by atoms with van der Waals surface area (Å²) in [6.07, 6.45) is 0. The van der Waals surface area contributed by atoms with Crippen LogP contribution < -0.4 is 5.32 Å². The second kappa shape index (κ2) is 7.85. The number of rotatable bonds is 6. The lowest BCUT2D eigenvalue weighted by molar-refractivity contribution is -0.125. The van der Waals surface area contributed by atoms with E-state index < -0.39 is 0 Å². The molecule has 0 heterocycles. The van der Waals surface area contributed by atoms with E-state index in [9.17, 15) is 4.79 Å². The highest BCUT2D eigenvalue weighted by molar-refractivity contribution is 5.98. The van der Waals surface area contributed by atoms with Crippen molar-refractivity contribution in [2.45, 2.75) is 13.5 Å². The Morgan fingerprint density at radius 1 is 1.05 bits per heavy atom. The summed E-state index contributed by atoms with van der Waals surface area (Å²) in [7, 11) is 0. The standard InChI is InChI=1S/C17H18N2O2/c1-14(16-10-6-3-7-11-16)19-21-13-17(20)18-12-15-8-4-2-5-9-15/h2-11H,12-13H2,1H3,(H,18,20). The molecule has 108 valence electrons. The van der Waals surface area contributed by atoms with Gasteiger partial charge in [0.1, 0.15) is 0 Å². The number of carbonyl (C=O) groups is 1. The van der Waals surface area contributed by atoms with E-state index in [1.165, 1.54) is 0 Å². The number of hydrogen-bond donors (Lipinski definition) is 1. The highest BCUT2D eigenvalue weighted by Crippen LogP contribution is 2.01. The molecule has 0 aliphatic heterocycles. The Balaban J connectivity index is 1.74. The maximum absolute atomic E-state index is 11.6. The summed E-state index contributed by atoms with van der Waals surface area (Å²) in [5.41, 5.74) is 2.77. The minimum atomic E-state index is -0.191. The zero-order chi connectivity index (χ0) is 14.9. The summed E-state index contributed by atoms with van der Waals surface area (Å²) in [6.45, 7) is 2.25. The number of nitrogens with one attached hydrogen (secondary N) is 1. The number of oxime groups is 1. The molecule has 2 rings (SSSR count). The van der Waals surface area contributed by atoms with Gasteiger partial charge in [-0.1, -0.05) is 65.8 Å². The van der Waals surface area contributed by atoms with Crippen LogP contribution in [0.15, 0.2) is 65.8 Å². The fraction of sp³-hybridized carbons (Fsp3) is 0.176. The van der Waals surface area contributed by atoms with Crippen LogP contribution in [0.5, 0.6) is 0 Å². The van der Waals surface area contributed by atoms with Crippen molar-refractivity contribution >= 4 is 11.6 Å². The lowest BCUT2D eigenvalue weighted by atomic mass is 10.1. The second-order valence-corrected chi connectivity index (χ2v) is 4.58. The first-order chi connectivity index (χ1) is 10.3. The fourth-order valence-corrected chi connectivity index (χ4v) is 1.77. The molecule has 0 aromatic heterocycles. The molecule has 0 saturated carbocycles. The van der Waals surface area contributed by atoms with Gasteiger partial charge < -0.3 is 10.2 Å². The zero-order valence-electron chi connectivity index (χ0n) is 12.0. The molecule has 0 bridgehead atoms. The highest BCUT2D eigenvalue weighted by Gasteiger charge is 2.02. The van der Waals surface area contributed by atoms with Crippen LogP contribution in [0.25, 0.3) is 0 Å². The lowest BCUT2D eigenvalue weighted by Crippen LogP contribution is -2.26. The van der Waals surface area contributed by atoms with Crippen LogP contribution in [0.3, 0.4) is 0 Å². The molecule has 0 aliphatic rings. The maximum Gasteiger partial charge on any atom is 0.261 e. The zero-order valence-corrected chi connectivity index (χ0v) is 12.0. The van der Waals surface area contributed by atoms with Crippen molar-refractivity contribution in [2.24, 2.45) is 5.16 Å². The normalized spacial score (nSPS) is 11.0. The predicted molar refractivity (Wildman–Crippen MR) is 82.9 cm³/mol. The Labute approximate surface area is 124 Å². The van der Waals surface area contributed by atoms with E-state index in [1.54, 1.807) is 0 Å². The van der Waals surface area contributed by atoms with Gasteiger partial charge in [0.25, 0.3) is 5.91 Å².